The molecule has 12 heteroatoms. The van der Waals surface area contributed by atoms with Crippen molar-refractivity contribution in [3.8, 4) is 11.5 Å². The van der Waals surface area contributed by atoms with Gasteiger partial charge in [0.2, 0.25) is 5.36 Å². The quantitative estimate of drug-likeness (QED) is 0.144. The zero-order chi connectivity index (χ0) is 36.0. The second-order valence-corrected chi connectivity index (χ2v) is 18.2. The minimum atomic E-state index is -5.16. The molecule has 10 rings (SSSR count). The summed E-state index contributed by atoms with van der Waals surface area (Å²) in [5.74, 6) is 1.36. The van der Waals surface area contributed by atoms with Crippen LogP contribution in [0.25, 0.3) is 5.57 Å². The maximum atomic E-state index is 12.7. The molecule has 0 bridgehead atoms. The number of ether oxygens (including phenoxy) is 1. The maximum Gasteiger partial charge on any atom is 0.210 e. The van der Waals surface area contributed by atoms with Gasteiger partial charge in [0.1, 0.15) is 44.8 Å². The fraction of sp³-hybridized carbons (Fsp3) is 0.537. The van der Waals surface area contributed by atoms with Gasteiger partial charge in [-0.1, -0.05) is 70.3 Å². The molecule has 0 aromatic heterocycles. The van der Waals surface area contributed by atoms with Gasteiger partial charge in [-0.2, -0.15) is 0 Å². The molecule has 2 aliphatic carbocycles. The molecular formula is C41H49FeN2O7S2-. The van der Waals surface area contributed by atoms with E-state index in [1.54, 1.807) is 0 Å². The van der Waals surface area contributed by atoms with Gasteiger partial charge in [-0.25, -0.2) is 21.4 Å². The number of hydrogen-bond donors (Lipinski definition) is 0. The van der Waals surface area contributed by atoms with E-state index in [1.807, 2.05) is 0 Å². The Morgan fingerprint density at radius 2 is 1.19 bits per heavy atom. The van der Waals surface area contributed by atoms with E-state index in [-0.39, 0.29) is 22.6 Å². The summed E-state index contributed by atoms with van der Waals surface area (Å²) in [6, 6.07) is 7.26. The van der Waals surface area contributed by atoms with Crippen LogP contribution in [0.3, 0.4) is 0 Å². The number of hydrogen-bond acceptors (Lipinski definition) is 8. The first kappa shape index (κ1) is 38.5. The van der Waals surface area contributed by atoms with Gasteiger partial charge in [0.25, 0.3) is 0 Å². The Morgan fingerprint density at radius 1 is 0.604 bits per heavy atom. The second-order valence-electron chi connectivity index (χ2n) is 15.4. The zero-order valence-electron chi connectivity index (χ0n) is 30.4. The summed E-state index contributed by atoms with van der Waals surface area (Å²) in [5.41, 5.74) is 7.06. The van der Waals surface area contributed by atoms with Crippen molar-refractivity contribution >= 4 is 31.5 Å². The molecule has 7 aliphatic rings. The predicted molar refractivity (Wildman–Crippen MR) is 199 cm³/mol. The summed E-state index contributed by atoms with van der Waals surface area (Å²) in [6.07, 6.45) is 22.3. The van der Waals surface area contributed by atoms with Gasteiger partial charge in [-0.3, -0.25) is 0 Å². The molecule has 3 aromatic carbocycles. The van der Waals surface area contributed by atoms with Crippen LogP contribution in [0.15, 0.2) is 40.1 Å². The number of benzene rings is 3. The monoisotopic (exact) mass is 801 g/mol. The number of nitrogens with zero attached hydrogens (tertiary/aromatic N) is 2. The first-order valence-electron chi connectivity index (χ1n) is 19.6. The third-order valence-electron chi connectivity index (χ3n) is 12.0. The number of rotatable bonds is 3. The van der Waals surface area contributed by atoms with E-state index in [1.165, 1.54) is 81.3 Å². The average molecular weight is 802 g/mol. The summed E-state index contributed by atoms with van der Waals surface area (Å²) >= 11 is 0. The van der Waals surface area contributed by atoms with Crippen LogP contribution in [0.5, 0.6) is 11.5 Å². The summed E-state index contributed by atoms with van der Waals surface area (Å²) in [7, 11) is -10.2. The van der Waals surface area contributed by atoms with E-state index in [2.05, 4.69) is 21.6 Å². The van der Waals surface area contributed by atoms with E-state index in [0.29, 0.717) is 27.9 Å². The normalized spacial score (nSPS) is 19.5. The van der Waals surface area contributed by atoms with E-state index in [0.717, 1.165) is 112 Å². The number of fused-ring (bicyclic) bond motifs is 4. The van der Waals surface area contributed by atoms with Crippen LogP contribution in [0.4, 0.5) is 5.69 Å². The molecule has 2 fully saturated rings. The third-order valence-corrected chi connectivity index (χ3v) is 13.7. The topological polar surface area (TPSA) is 130 Å². The van der Waals surface area contributed by atoms with Gasteiger partial charge >= 0.3 is 0 Å². The third kappa shape index (κ3) is 7.61. The molecule has 0 saturated heterocycles. The molecular weight excluding hydrogens is 752 g/mol. The van der Waals surface area contributed by atoms with Crippen LogP contribution in [0, 0.1) is 0 Å². The number of anilines is 1. The second kappa shape index (κ2) is 15.8. The molecule has 3 aromatic rings. The Hall–Kier alpha value is -2.73. The van der Waals surface area contributed by atoms with Gasteiger partial charge in [0.05, 0.1) is 15.4 Å². The molecule has 0 atom stereocenters. The van der Waals surface area contributed by atoms with Gasteiger partial charge in [-0.05, 0) is 68.4 Å². The predicted octanol–water partition coefficient (Wildman–Crippen LogP) is 5.83. The Bertz CT molecular complexity index is 2230. The van der Waals surface area contributed by atoms with Crippen LogP contribution < -0.4 is 24.8 Å². The molecule has 0 amide bonds. The van der Waals surface area contributed by atoms with E-state index < -0.39 is 30.0 Å². The first-order chi connectivity index (χ1) is 25.1. The molecule has 286 valence electrons. The molecule has 5 heterocycles. The van der Waals surface area contributed by atoms with E-state index in [9.17, 15) is 25.9 Å². The van der Waals surface area contributed by atoms with Crippen LogP contribution in [-0.2, 0) is 63.0 Å². The van der Waals surface area contributed by atoms with Gasteiger partial charge in [0, 0.05) is 81.7 Å². The van der Waals surface area contributed by atoms with Crippen molar-refractivity contribution in [2.24, 2.45) is 0 Å². The summed E-state index contributed by atoms with van der Waals surface area (Å²) < 4.78 is 83.1. The minimum Gasteiger partial charge on any atom is -0.744 e. The molecule has 0 unspecified atom stereocenters. The van der Waals surface area contributed by atoms with Crippen molar-refractivity contribution in [1.82, 2.24) is 4.58 Å². The Labute approximate surface area is 324 Å². The van der Waals surface area contributed by atoms with Crippen LogP contribution >= 0.6 is 0 Å². The molecule has 9 nitrogen and oxygen atoms in total. The largest absolute Gasteiger partial charge is 0.744 e. The van der Waals surface area contributed by atoms with Crippen molar-refractivity contribution in [2.45, 2.75) is 125 Å². The average Bonchev–Trinajstić information content (AvgIpc) is 3.92. The molecule has 0 N–H and O–H groups in total. The van der Waals surface area contributed by atoms with E-state index in [4.69, 9.17) is 4.74 Å². The molecule has 0 spiro atoms. The molecule has 0 radical (unpaired) electrons. The Kier molecular flexibility index (Phi) is 11.5. The van der Waals surface area contributed by atoms with Crippen molar-refractivity contribution in [1.29, 1.82) is 0 Å². The van der Waals surface area contributed by atoms with Gasteiger partial charge in [-0.15, -0.1) is 0 Å². The zero-order valence-corrected chi connectivity index (χ0v) is 33.1. The fourth-order valence-electron chi connectivity index (χ4n) is 9.64. The maximum absolute atomic E-state index is 12.7. The van der Waals surface area contributed by atoms with Crippen LogP contribution in [-0.4, -0.2) is 52.1 Å². The fourth-order valence-corrected chi connectivity index (χ4v) is 10.9. The first-order valence-corrected chi connectivity index (χ1v) is 22.4. The standard InChI is InChI=1S/C31H30N2O7S2.2C5H10.Fe/c34-41(35,36)20-9-10-21(26(17-20)42(37,38)39)27-24-15-18-5-1-11-32-13-3-7-22(28(18)32)30(24)40-31-23-8-4-14-33-12-2-6-19(29(23)33)16-25(27)31;2*1-2-4-5-3-1;/h9-10,15-17H,1-8,11-14H2,(H-,34,35,36,37,38,39);2*1-5H2;/p-1. The summed E-state index contributed by atoms with van der Waals surface area (Å²) in [6.45, 7) is 3.90. The van der Waals surface area contributed by atoms with Gasteiger partial charge in [0.15, 0.2) is 0 Å². The minimum absolute atomic E-state index is 0. The number of aryl methyl sites for hydroxylation is 2. The van der Waals surface area contributed by atoms with Crippen LogP contribution in [0.1, 0.15) is 123 Å². The smallest absolute Gasteiger partial charge is 0.210 e. The van der Waals surface area contributed by atoms with E-state index >= 15 is 0 Å². The summed E-state index contributed by atoms with van der Waals surface area (Å²) in [4.78, 5) is 0.951. The Balaban J connectivity index is 0.000000344. The molecule has 5 aliphatic heterocycles. The van der Waals surface area contributed by atoms with Crippen molar-refractivity contribution in [3.63, 3.8) is 0 Å². The van der Waals surface area contributed by atoms with Crippen LogP contribution in [0.2, 0.25) is 0 Å². The van der Waals surface area contributed by atoms with Crippen molar-refractivity contribution in [2.75, 3.05) is 31.1 Å². The van der Waals surface area contributed by atoms with Gasteiger partial charge < -0.3 is 18.7 Å². The van der Waals surface area contributed by atoms with Crippen molar-refractivity contribution < 1.29 is 47.7 Å². The Morgan fingerprint density at radius 3 is 1.81 bits per heavy atom. The summed E-state index contributed by atoms with van der Waals surface area (Å²) in [5, 5.41) is 1.91. The molecule has 2 saturated carbocycles. The van der Waals surface area contributed by atoms with Crippen molar-refractivity contribution in [3.05, 3.63) is 74.3 Å². The SMILES string of the molecule is C1CCCC1.C1CCCC1.O=S(=O)([O-])c1ccc(C2=c3cc4c5c(c3Oc3c2cc2c6c3CCCN6CCC2)CCC[N+]=5CCC4)c(S(=O)(=O)[O-])c1.[Fe]. The molecule has 53 heavy (non-hydrogen) atoms.